The number of rotatable bonds is 7. The minimum absolute atomic E-state index is 0.00545. The van der Waals surface area contributed by atoms with E-state index in [1.165, 1.54) is 0 Å². The second-order valence-corrected chi connectivity index (χ2v) is 5.83. The summed E-state index contributed by atoms with van der Waals surface area (Å²) in [4.78, 5) is 22.7. The summed E-state index contributed by atoms with van der Waals surface area (Å²) >= 11 is 0. The number of hydrogen-bond acceptors (Lipinski definition) is 3. The fraction of sp³-hybridized carbons (Fsp3) is 0.529. The lowest BCUT2D eigenvalue weighted by Gasteiger charge is -2.13. The van der Waals surface area contributed by atoms with Crippen molar-refractivity contribution in [3.63, 3.8) is 0 Å². The number of amides is 1. The zero-order valence-corrected chi connectivity index (χ0v) is 12.9. The lowest BCUT2D eigenvalue weighted by atomic mass is 10.1. The van der Waals surface area contributed by atoms with Crippen LogP contribution in [0.15, 0.2) is 24.3 Å². The fourth-order valence-electron chi connectivity index (χ4n) is 2.77. The van der Waals surface area contributed by atoms with E-state index >= 15 is 0 Å². The minimum Gasteiger partial charge on any atom is -0.493 e. The summed E-state index contributed by atoms with van der Waals surface area (Å²) in [7, 11) is 0. The quantitative estimate of drug-likeness (QED) is 0.759. The third-order valence-electron chi connectivity index (χ3n) is 4.05. The van der Waals surface area contributed by atoms with Gasteiger partial charge in [0.05, 0.1) is 12.5 Å². The number of ether oxygens (including phenoxy) is 1. The van der Waals surface area contributed by atoms with Gasteiger partial charge in [0.25, 0.3) is 0 Å². The van der Waals surface area contributed by atoms with Gasteiger partial charge in [-0.15, -0.1) is 0 Å². The Morgan fingerprint density at radius 3 is 2.77 bits per heavy atom. The Balaban J connectivity index is 1.62. The summed E-state index contributed by atoms with van der Waals surface area (Å²) < 4.78 is 5.65. The minimum atomic E-state index is -0.761. The van der Waals surface area contributed by atoms with Crippen molar-refractivity contribution in [1.29, 1.82) is 0 Å². The third kappa shape index (κ3) is 4.76. The number of nitrogens with one attached hydrogen (secondary N) is 1. The first-order valence-electron chi connectivity index (χ1n) is 7.77. The summed E-state index contributed by atoms with van der Waals surface area (Å²) in [6.45, 7) is 2.49. The van der Waals surface area contributed by atoms with E-state index in [1.807, 2.05) is 31.2 Å². The summed E-state index contributed by atoms with van der Waals surface area (Å²) in [6.07, 6.45) is 3.00. The smallest absolute Gasteiger partial charge is 0.306 e. The highest BCUT2D eigenvalue weighted by Gasteiger charge is 2.30. The Morgan fingerprint density at radius 2 is 2.09 bits per heavy atom. The van der Waals surface area contributed by atoms with Crippen LogP contribution in [0.2, 0.25) is 0 Å². The number of carboxylic acid groups (broad SMARTS) is 1. The average Bonchev–Trinajstić information content (AvgIpc) is 2.94. The van der Waals surface area contributed by atoms with Crippen molar-refractivity contribution in [2.45, 2.75) is 45.1 Å². The van der Waals surface area contributed by atoms with Crippen molar-refractivity contribution in [2.75, 3.05) is 6.61 Å². The van der Waals surface area contributed by atoms with Crippen molar-refractivity contribution >= 4 is 11.9 Å². The maximum Gasteiger partial charge on any atom is 0.306 e. The number of para-hydroxylation sites is 1. The summed E-state index contributed by atoms with van der Waals surface area (Å²) in [5, 5.41) is 11.9. The molecule has 1 aromatic rings. The van der Waals surface area contributed by atoms with Gasteiger partial charge in [-0.3, -0.25) is 9.59 Å². The molecule has 0 saturated heterocycles. The first-order chi connectivity index (χ1) is 10.6. The average molecular weight is 305 g/mol. The number of hydrogen-bond donors (Lipinski definition) is 2. The van der Waals surface area contributed by atoms with Gasteiger partial charge in [-0.25, -0.2) is 0 Å². The molecule has 0 radical (unpaired) electrons. The second-order valence-electron chi connectivity index (χ2n) is 5.83. The number of benzene rings is 1. The van der Waals surface area contributed by atoms with Crippen LogP contribution in [0.3, 0.4) is 0 Å². The predicted molar refractivity (Wildman–Crippen MR) is 82.8 cm³/mol. The molecular weight excluding hydrogens is 282 g/mol. The van der Waals surface area contributed by atoms with Gasteiger partial charge >= 0.3 is 5.97 Å². The fourth-order valence-corrected chi connectivity index (χ4v) is 2.77. The molecule has 2 N–H and O–H groups in total. The van der Waals surface area contributed by atoms with Crippen LogP contribution in [0.4, 0.5) is 0 Å². The van der Waals surface area contributed by atoms with E-state index in [1.54, 1.807) is 0 Å². The molecule has 0 heterocycles. The van der Waals surface area contributed by atoms with E-state index < -0.39 is 5.97 Å². The molecule has 1 saturated carbocycles. The molecule has 5 heteroatoms. The highest BCUT2D eigenvalue weighted by molar-refractivity contribution is 5.76. The summed E-state index contributed by atoms with van der Waals surface area (Å²) in [5.41, 5.74) is 1.08. The van der Waals surface area contributed by atoms with Gasteiger partial charge in [-0.1, -0.05) is 18.2 Å². The van der Waals surface area contributed by atoms with E-state index in [4.69, 9.17) is 9.84 Å². The molecule has 0 aromatic heterocycles. The van der Waals surface area contributed by atoms with Gasteiger partial charge < -0.3 is 15.2 Å². The summed E-state index contributed by atoms with van der Waals surface area (Å²) in [5.74, 6) is -0.245. The molecule has 1 aromatic carbocycles. The van der Waals surface area contributed by atoms with Gasteiger partial charge in [0.15, 0.2) is 0 Å². The van der Waals surface area contributed by atoms with Gasteiger partial charge in [0, 0.05) is 12.5 Å². The van der Waals surface area contributed by atoms with Crippen LogP contribution >= 0.6 is 0 Å². The number of carbonyl (C=O) groups excluding carboxylic acids is 1. The number of aliphatic carboxylic acids is 1. The molecule has 2 atom stereocenters. The third-order valence-corrected chi connectivity index (χ3v) is 4.05. The molecule has 0 unspecified atom stereocenters. The van der Waals surface area contributed by atoms with Crippen LogP contribution in [-0.4, -0.2) is 29.6 Å². The highest BCUT2D eigenvalue weighted by Crippen LogP contribution is 2.25. The molecule has 1 fully saturated rings. The standard InChI is InChI=1S/C17H23NO4/c1-12-5-2-3-6-15(12)22-10-4-7-16(19)18-14-9-8-13(11-14)17(20)21/h2-3,5-6,13-14H,4,7-11H2,1H3,(H,18,19)(H,20,21)/t13-,14+/m1/s1. The molecule has 1 aliphatic rings. The molecule has 22 heavy (non-hydrogen) atoms. The van der Waals surface area contributed by atoms with Crippen LogP contribution in [0.5, 0.6) is 5.75 Å². The van der Waals surface area contributed by atoms with Gasteiger partial charge in [-0.2, -0.15) is 0 Å². The predicted octanol–water partition coefficient (Wildman–Crippen LogP) is 2.52. The van der Waals surface area contributed by atoms with Crippen molar-refractivity contribution in [3.8, 4) is 5.75 Å². The van der Waals surface area contributed by atoms with Crippen molar-refractivity contribution in [3.05, 3.63) is 29.8 Å². The number of carbonyl (C=O) groups is 2. The molecule has 0 spiro atoms. The first-order valence-corrected chi connectivity index (χ1v) is 7.77. The molecule has 0 aliphatic heterocycles. The van der Waals surface area contributed by atoms with Gasteiger partial charge in [0.2, 0.25) is 5.91 Å². The van der Waals surface area contributed by atoms with Gasteiger partial charge in [-0.05, 0) is 44.2 Å². The van der Waals surface area contributed by atoms with Crippen LogP contribution in [0.1, 0.15) is 37.7 Å². The SMILES string of the molecule is Cc1ccccc1OCCCC(=O)N[C@H]1CC[C@@H](C(=O)O)C1. The lowest BCUT2D eigenvalue weighted by Crippen LogP contribution is -2.33. The Labute approximate surface area is 130 Å². The van der Waals surface area contributed by atoms with Crippen molar-refractivity contribution < 1.29 is 19.4 Å². The van der Waals surface area contributed by atoms with Crippen molar-refractivity contribution in [1.82, 2.24) is 5.32 Å². The van der Waals surface area contributed by atoms with Crippen molar-refractivity contribution in [2.24, 2.45) is 5.92 Å². The zero-order valence-electron chi connectivity index (χ0n) is 12.9. The molecule has 2 rings (SSSR count). The van der Waals surface area contributed by atoms with E-state index in [0.29, 0.717) is 32.3 Å². The number of aryl methyl sites for hydroxylation is 1. The largest absolute Gasteiger partial charge is 0.493 e. The molecule has 0 bridgehead atoms. The highest BCUT2D eigenvalue weighted by atomic mass is 16.5. The normalized spacial score (nSPS) is 20.6. The molecule has 1 aliphatic carbocycles. The molecular formula is C17H23NO4. The van der Waals surface area contributed by atoms with E-state index in [0.717, 1.165) is 17.7 Å². The monoisotopic (exact) mass is 305 g/mol. The molecule has 120 valence electrons. The van der Waals surface area contributed by atoms with Crippen LogP contribution < -0.4 is 10.1 Å². The van der Waals surface area contributed by atoms with E-state index in [2.05, 4.69) is 5.32 Å². The zero-order chi connectivity index (χ0) is 15.9. The molecule has 1 amide bonds. The first kappa shape index (κ1) is 16.3. The van der Waals surface area contributed by atoms with E-state index in [9.17, 15) is 9.59 Å². The maximum absolute atomic E-state index is 11.8. The Hall–Kier alpha value is -2.04. The Kier molecular flexibility index (Phi) is 5.81. The van der Waals surface area contributed by atoms with Crippen LogP contribution in [-0.2, 0) is 9.59 Å². The number of carboxylic acids is 1. The van der Waals surface area contributed by atoms with Gasteiger partial charge in [0.1, 0.15) is 5.75 Å². The Bertz CT molecular complexity index is 529. The Morgan fingerprint density at radius 1 is 1.32 bits per heavy atom. The summed E-state index contributed by atoms with van der Waals surface area (Å²) in [6, 6.07) is 7.79. The van der Waals surface area contributed by atoms with Crippen LogP contribution in [0, 0.1) is 12.8 Å². The molecule has 5 nitrogen and oxygen atoms in total. The lowest BCUT2D eigenvalue weighted by molar-refractivity contribution is -0.141. The topological polar surface area (TPSA) is 75.6 Å². The van der Waals surface area contributed by atoms with Crippen LogP contribution in [0.25, 0.3) is 0 Å². The second kappa shape index (κ2) is 7.82. The maximum atomic E-state index is 11.8. The van der Waals surface area contributed by atoms with E-state index in [-0.39, 0.29) is 17.9 Å².